The topological polar surface area (TPSA) is 66.0 Å². The molecule has 0 saturated carbocycles. The fourth-order valence-electron chi connectivity index (χ4n) is 1.53. The molecule has 14 heavy (non-hydrogen) atoms. The number of aromatic amines is 1. The molecular formula is C9H9N5. The lowest BCUT2D eigenvalue weighted by atomic mass is 10.4. The van der Waals surface area contributed by atoms with Crippen molar-refractivity contribution in [3.8, 4) is 0 Å². The molecule has 0 spiro atoms. The second-order valence-corrected chi connectivity index (χ2v) is 3.14. The third-order valence-corrected chi connectivity index (χ3v) is 2.18. The van der Waals surface area contributed by atoms with Gasteiger partial charge in [0.25, 0.3) is 0 Å². The number of amidine groups is 1. The number of nitrogens with one attached hydrogen (secondary N) is 2. The number of aromatic nitrogens is 3. The number of imidazole rings is 1. The lowest BCUT2D eigenvalue weighted by Gasteiger charge is -1.94. The molecule has 1 aliphatic heterocycles. The Kier molecular flexibility index (Phi) is 1.50. The van der Waals surface area contributed by atoms with Crippen molar-refractivity contribution in [3.63, 3.8) is 0 Å². The predicted octanol–water partition coefficient (Wildman–Crippen LogP) is 0.308. The molecule has 0 fully saturated rings. The van der Waals surface area contributed by atoms with Crippen molar-refractivity contribution >= 4 is 16.9 Å². The van der Waals surface area contributed by atoms with E-state index in [4.69, 9.17) is 0 Å². The van der Waals surface area contributed by atoms with E-state index in [1.165, 1.54) is 0 Å². The summed E-state index contributed by atoms with van der Waals surface area (Å²) in [7, 11) is 0. The van der Waals surface area contributed by atoms with E-state index in [2.05, 4.69) is 25.3 Å². The molecule has 2 aromatic heterocycles. The average Bonchev–Trinajstić information content (AvgIpc) is 2.86. The van der Waals surface area contributed by atoms with Crippen LogP contribution >= 0.6 is 0 Å². The first-order valence-corrected chi connectivity index (χ1v) is 4.52. The summed E-state index contributed by atoms with van der Waals surface area (Å²) >= 11 is 0. The molecule has 5 nitrogen and oxygen atoms in total. The lowest BCUT2D eigenvalue weighted by Crippen LogP contribution is -2.20. The van der Waals surface area contributed by atoms with Crippen LogP contribution in [0.1, 0.15) is 5.82 Å². The summed E-state index contributed by atoms with van der Waals surface area (Å²) in [5.41, 5.74) is 1.87. The van der Waals surface area contributed by atoms with Gasteiger partial charge in [0.2, 0.25) is 0 Å². The van der Waals surface area contributed by atoms with Crippen LogP contribution in [0.4, 0.5) is 0 Å². The van der Waals surface area contributed by atoms with Crippen LogP contribution < -0.4 is 5.32 Å². The highest BCUT2D eigenvalue weighted by molar-refractivity contribution is 5.98. The molecule has 0 radical (unpaired) electrons. The summed E-state index contributed by atoms with van der Waals surface area (Å²) in [6.07, 6.45) is 3.50. The zero-order chi connectivity index (χ0) is 9.38. The standard InChI is InChI=1S/C9H9N5/c1-2-10-5-7-6(1)13-9(14-7)8-11-3-4-12-8/h1-2,5H,3-4H2,(H,11,12)(H,13,14). The van der Waals surface area contributed by atoms with Crippen molar-refractivity contribution in [1.82, 2.24) is 20.3 Å². The maximum atomic E-state index is 4.41. The van der Waals surface area contributed by atoms with E-state index in [9.17, 15) is 0 Å². The summed E-state index contributed by atoms with van der Waals surface area (Å²) in [5.74, 6) is 1.65. The molecule has 0 atom stereocenters. The van der Waals surface area contributed by atoms with Crippen molar-refractivity contribution in [2.24, 2.45) is 4.99 Å². The van der Waals surface area contributed by atoms with Crippen LogP contribution in [0.2, 0.25) is 0 Å². The first-order valence-electron chi connectivity index (χ1n) is 4.52. The summed E-state index contributed by atoms with van der Waals surface area (Å²) < 4.78 is 0. The second-order valence-electron chi connectivity index (χ2n) is 3.14. The highest BCUT2D eigenvalue weighted by Crippen LogP contribution is 2.09. The predicted molar refractivity (Wildman–Crippen MR) is 53.3 cm³/mol. The van der Waals surface area contributed by atoms with E-state index < -0.39 is 0 Å². The van der Waals surface area contributed by atoms with Crippen molar-refractivity contribution in [3.05, 3.63) is 24.3 Å². The van der Waals surface area contributed by atoms with E-state index in [1.807, 2.05) is 6.07 Å². The van der Waals surface area contributed by atoms with Crippen LogP contribution in [-0.4, -0.2) is 33.9 Å². The number of rotatable bonds is 1. The smallest absolute Gasteiger partial charge is 0.173 e. The number of aliphatic imine (C=N–C) groups is 1. The van der Waals surface area contributed by atoms with Gasteiger partial charge in [-0.05, 0) is 6.07 Å². The first-order chi connectivity index (χ1) is 6.93. The minimum absolute atomic E-state index is 0.797. The van der Waals surface area contributed by atoms with Crippen molar-refractivity contribution in [2.45, 2.75) is 0 Å². The van der Waals surface area contributed by atoms with E-state index in [1.54, 1.807) is 12.4 Å². The molecular weight excluding hydrogens is 178 g/mol. The summed E-state index contributed by atoms with van der Waals surface area (Å²) in [4.78, 5) is 15.9. The number of H-pyrrole nitrogens is 1. The molecule has 3 rings (SSSR count). The van der Waals surface area contributed by atoms with E-state index in [-0.39, 0.29) is 0 Å². The molecule has 3 heterocycles. The average molecular weight is 187 g/mol. The van der Waals surface area contributed by atoms with Crippen molar-refractivity contribution in [2.75, 3.05) is 13.1 Å². The molecule has 70 valence electrons. The van der Waals surface area contributed by atoms with Crippen LogP contribution in [0, 0.1) is 0 Å². The Morgan fingerprint density at radius 2 is 2.36 bits per heavy atom. The van der Waals surface area contributed by atoms with Crippen molar-refractivity contribution in [1.29, 1.82) is 0 Å². The third kappa shape index (κ3) is 1.06. The Morgan fingerprint density at radius 1 is 1.36 bits per heavy atom. The van der Waals surface area contributed by atoms with Gasteiger partial charge in [-0.1, -0.05) is 0 Å². The van der Waals surface area contributed by atoms with Crippen molar-refractivity contribution < 1.29 is 0 Å². The van der Waals surface area contributed by atoms with E-state index in [0.717, 1.165) is 35.8 Å². The highest BCUT2D eigenvalue weighted by atomic mass is 15.1. The number of pyridine rings is 1. The zero-order valence-corrected chi connectivity index (χ0v) is 7.49. The van der Waals surface area contributed by atoms with Crippen LogP contribution in [0.5, 0.6) is 0 Å². The van der Waals surface area contributed by atoms with Gasteiger partial charge >= 0.3 is 0 Å². The van der Waals surface area contributed by atoms with Gasteiger partial charge in [0.1, 0.15) is 0 Å². The summed E-state index contributed by atoms with van der Waals surface area (Å²) in [6, 6.07) is 1.88. The SMILES string of the molecule is c1cc2nc(C3=NCCN3)[nH]c2cn1. The molecule has 0 saturated heterocycles. The Labute approximate surface area is 80.3 Å². The van der Waals surface area contributed by atoms with Crippen LogP contribution in [0.25, 0.3) is 11.0 Å². The number of fused-ring (bicyclic) bond motifs is 1. The number of nitrogens with zero attached hydrogens (tertiary/aromatic N) is 3. The second kappa shape index (κ2) is 2.80. The Bertz CT molecular complexity index is 466. The van der Waals surface area contributed by atoms with Gasteiger partial charge in [-0.15, -0.1) is 0 Å². The highest BCUT2D eigenvalue weighted by Gasteiger charge is 2.11. The normalized spacial score (nSPS) is 15.6. The molecule has 0 aliphatic carbocycles. The Morgan fingerprint density at radius 3 is 3.14 bits per heavy atom. The van der Waals surface area contributed by atoms with E-state index >= 15 is 0 Å². The first kappa shape index (κ1) is 7.49. The monoisotopic (exact) mass is 187 g/mol. The molecule has 0 aromatic carbocycles. The van der Waals surface area contributed by atoms with Gasteiger partial charge in [-0.25, -0.2) is 4.98 Å². The summed E-state index contributed by atoms with van der Waals surface area (Å²) in [6.45, 7) is 1.72. The van der Waals surface area contributed by atoms with Gasteiger partial charge in [0.15, 0.2) is 11.7 Å². The minimum atomic E-state index is 0.797. The van der Waals surface area contributed by atoms with Crippen LogP contribution in [-0.2, 0) is 0 Å². The molecule has 0 amide bonds. The fourth-order valence-corrected chi connectivity index (χ4v) is 1.53. The van der Waals surface area contributed by atoms with Crippen LogP contribution in [0.15, 0.2) is 23.5 Å². The minimum Gasteiger partial charge on any atom is -0.365 e. The molecule has 0 bridgehead atoms. The largest absolute Gasteiger partial charge is 0.365 e. The Balaban J connectivity index is 2.14. The molecule has 1 aliphatic rings. The quantitative estimate of drug-likeness (QED) is 0.675. The van der Waals surface area contributed by atoms with E-state index in [0.29, 0.717) is 0 Å². The molecule has 5 heteroatoms. The molecule has 2 aromatic rings. The fraction of sp³-hybridized carbons (Fsp3) is 0.222. The molecule has 0 unspecified atom stereocenters. The lowest BCUT2D eigenvalue weighted by molar-refractivity contribution is 0.957. The molecule has 2 N–H and O–H groups in total. The third-order valence-electron chi connectivity index (χ3n) is 2.18. The summed E-state index contributed by atoms with van der Waals surface area (Å²) in [5, 5.41) is 3.17. The Hall–Kier alpha value is -1.91. The maximum absolute atomic E-state index is 4.41. The van der Waals surface area contributed by atoms with Gasteiger partial charge < -0.3 is 10.3 Å². The number of hydrogen-bond donors (Lipinski definition) is 2. The van der Waals surface area contributed by atoms with Gasteiger partial charge in [0.05, 0.1) is 23.8 Å². The van der Waals surface area contributed by atoms with Crippen LogP contribution in [0.3, 0.4) is 0 Å². The van der Waals surface area contributed by atoms with Gasteiger partial charge in [-0.3, -0.25) is 9.98 Å². The van der Waals surface area contributed by atoms with Gasteiger partial charge in [0, 0.05) is 12.7 Å². The zero-order valence-electron chi connectivity index (χ0n) is 7.49. The maximum Gasteiger partial charge on any atom is 0.173 e. The van der Waals surface area contributed by atoms with Gasteiger partial charge in [-0.2, -0.15) is 0 Å². The number of hydrogen-bond acceptors (Lipinski definition) is 4.